The second-order valence-electron chi connectivity index (χ2n) is 9.16. The fourth-order valence-electron chi connectivity index (χ4n) is 3.98. The average molecular weight is 368 g/mol. The van der Waals surface area contributed by atoms with Crippen LogP contribution in [0.15, 0.2) is 42.5 Å². The number of benzene rings is 2. The summed E-state index contributed by atoms with van der Waals surface area (Å²) in [4.78, 5) is 6.65. The summed E-state index contributed by atoms with van der Waals surface area (Å²) in [5.74, 6) is 0.423. The molecule has 148 valence electrons. The maximum Gasteiger partial charge on any atom is 0.102 e. The Morgan fingerprint density at radius 3 is 1.81 bits per heavy atom. The second-order valence-corrected chi connectivity index (χ2v) is 9.16. The summed E-state index contributed by atoms with van der Waals surface area (Å²) in [6.07, 6.45) is -0.00210. The van der Waals surface area contributed by atoms with Crippen molar-refractivity contribution in [2.45, 2.75) is 80.0 Å². The second kappa shape index (κ2) is 8.58. The molecule has 0 radical (unpaired) electrons. The van der Waals surface area contributed by atoms with Gasteiger partial charge in [-0.3, -0.25) is 4.84 Å². The van der Waals surface area contributed by atoms with Crippen molar-refractivity contribution in [3.05, 3.63) is 70.3 Å². The molecule has 0 bridgehead atoms. The zero-order valence-electron chi connectivity index (χ0n) is 18.6. The minimum atomic E-state index is -0.123. The zero-order chi connectivity index (χ0) is 20.4. The summed E-state index contributed by atoms with van der Waals surface area (Å²) >= 11 is 0. The van der Waals surface area contributed by atoms with Crippen LogP contribution in [0.2, 0.25) is 0 Å². The Kier molecular flexibility index (Phi) is 6.88. The summed E-state index contributed by atoms with van der Waals surface area (Å²) < 4.78 is 0. The molecule has 2 rings (SSSR count). The normalized spacial score (nSPS) is 14.6. The standard InChI is InChI=1S/C25H37NO/c1-17(2)24(23-19(4)15-18(3)16-20(23)5)26(25(7,8)9)27-21(6)22-13-11-10-12-14-22/h10-17,21,24H,1-9H3. The van der Waals surface area contributed by atoms with Gasteiger partial charge in [0.15, 0.2) is 0 Å². The highest BCUT2D eigenvalue weighted by Crippen LogP contribution is 2.39. The van der Waals surface area contributed by atoms with E-state index in [0.717, 1.165) is 0 Å². The predicted octanol–water partition coefficient (Wildman–Crippen LogP) is 7.10. The lowest BCUT2D eigenvalue weighted by Gasteiger charge is -2.44. The van der Waals surface area contributed by atoms with E-state index in [1.54, 1.807) is 0 Å². The molecule has 0 saturated carbocycles. The van der Waals surface area contributed by atoms with Gasteiger partial charge in [0.1, 0.15) is 6.10 Å². The Hall–Kier alpha value is -1.64. The molecule has 0 heterocycles. The third kappa shape index (κ3) is 5.21. The van der Waals surface area contributed by atoms with Crippen molar-refractivity contribution in [3.8, 4) is 0 Å². The van der Waals surface area contributed by atoms with E-state index < -0.39 is 0 Å². The van der Waals surface area contributed by atoms with Crippen LogP contribution in [-0.2, 0) is 4.84 Å². The van der Waals surface area contributed by atoms with Crippen LogP contribution in [0.4, 0.5) is 0 Å². The van der Waals surface area contributed by atoms with Crippen LogP contribution in [0.3, 0.4) is 0 Å². The third-order valence-electron chi connectivity index (χ3n) is 5.12. The molecular formula is C25H37NO. The third-order valence-corrected chi connectivity index (χ3v) is 5.12. The molecule has 0 aliphatic carbocycles. The lowest BCUT2D eigenvalue weighted by molar-refractivity contribution is -0.272. The summed E-state index contributed by atoms with van der Waals surface area (Å²) in [7, 11) is 0. The van der Waals surface area contributed by atoms with Crippen LogP contribution in [0.25, 0.3) is 0 Å². The van der Waals surface area contributed by atoms with Gasteiger partial charge in [-0.1, -0.05) is 61.9 Å². The van der Waals surface area contributed by atoms with E-state index in [-0.39, 0.29) is 17.7 Å². The van der Waals surface area contributed by atoms with Crippen LogP contribution in [0.5, 0.6) is 0 Å². The maximum atomic E-state index is 6.65. The SMILES string of the molecule is Cc1cc(C)c(C(C(C)C)N(OC(C)c2ccccc2)C(C)(C)C)c(C)c1. The highest BCUT2D eigenvalue weighted by atomic mass is 16.7. The largest absolute Gasteiger partial charge is 0.290 e. The fourth-order valence-corrected chi connectivity index (χ4v) is 3.98. The highest BCUT2D eigenvalue weighted by Gasteiger charge is 2.36. The monoisotopic (exact) mass is 367 g/mol. The highest BCUT2D eigenvalue weighted by molar-refractivity contribution is 5.40. The van der Waals surface area contributed by atoms with Gasteiger partial charge in [-0.15, -0.1) is 0 Å². The molecule has 0 aliphatic heterocycles. The first-order valence-corrected chi connectivity index (χ1v) is 10.1. The van der Waals surface area contributed by atoms with E-state index in [2.05, 4.69) is 104 Å². The molecule has 0 aliphatic rings. The van der Waals surface area contributed by atoms with Crippen LogP contribution in [0.1, 0.15) is 81.5 Å². The number of hydrogen-bond acceptors (Lipinski definition) is 2. The number of hydroxylamine groups is 2. The molecule has 0 spiro atoms. The smallest absolute Gasteiger partial charge is 0.102 e. The lowest BCUT2D eigenvalue weighted by atomic mass is 9.86. The zero-order valence-corrected chi connectivity index (χ0v) is 18.6. The minimum absolute atomic E-state index is 0.00210. The van der Waals surface area contributed by atoms with Gasteiger partial charge in [0.25, 0.3) is 0 Å². The summed E-state index contributed by atoms with van der Waals surface area (Å²) in [6, 6.07) is 15.2. The molecule has 27 heavy (non-hydrogen) atoms. The first-order chi connectivity index (χ1) is 12.5. The molecule has 0 aromatic heterocycles. The Labute approximate surface area is 166 Å². The van der Waals surface area contributed by atoms with Gasteiger partial charge in [0.05, 0.1) is 6.04 Å². The topological polar surface area (TPSA) is 12.5 Å². The van der Waals surface area contributed by atoms with Crippen molar-refractivity contribution >= 4 is 0 Å². The van der Waals surface area contributed by atoms with Gasteiger partial charge >= 0.3 is 0 Å². The van der Waals surface area contributed by atoms with Gasteiger partial charge in [0.2, 0.25) is 0 Å². The molecule has 0 fully saturated rings. The van der Waals surface area contributed by atoms with Crippen LogP contribution in [0, 0.1) is 26.7 Å². The van der Waals surface area contributed by atoms with Crippen molar-refractivity contribution in [3.63, 3.8) is 0 Å². The van der Waals surface area contributed by atoms with Gasteiger partial charge in [-0.05, 0) is 76.6 Å². The lowest BCUT2D eigenvalue weighted by Crippen LogP contribution is -2.46. The van der Waals surface area contributed by atoms with Crippen LogP contribution >= 0.6 is 0 Å². The maximum absolute atomic E-state index is 6.65. The van der Waals surface area contributed by atoms with Gasteiger partial charge < -0.3 is 0 Å². The Bertz CT molecular complexity index is 720. The van der Waals surface area contributed by atoms with E-state index in [9.17, 15) is 0 Å². The average Bonchev–Trinajstić information content (AvgIpc) is 2.55. The molecule has 2 nitrogen and oxygen atoms in total. The summed E-state index contributed by atoms with van der Waals surface area (Å²) in [6.45, 7) is 20.1. The Morgan fingerprint density at radius 1 is 0.852 bits per heavy atom. The van der Waals surface area contributed by atoms with Crippen LogP contribution in [-0.4, -0.2) is 10.6 Å². The van der Waals surface area contributed by atoms with Crippen LogP contribution < -0.4 is 0 Å². The number of rotatable bonds is 6. The number of nitrogens with zero attached hydrogens (tertiary/aromatic N) is 1. The molecule has 2 heteroatoms. The molecular weight excluding hydrogens is 330 g/mol. The van der Waals surface area contributed by atoms with Crippen molar-refractivity contribution in [1.82, 2.24) is 5.06 Å². The predicted molar refractivity (Wildman–Crippen MR) is 116 cm³/mol. The molecule has 2 aromatic rings. The van der Waals surface area contributed by atoms with E-state index in [4.69, 9.17) is 4.84 Å². The van der Waals surface area contributed by atoms with Crippen molar-refractivity contribution in [2.75, 3.05) is 0 Å². The van der Waals surface area contributed by atoms with Crippen molar-refractivity contribution in [2.24, 2.45) is 5.92 Å². The van der Waals surface area contributed by atoms with E-state index in [1.807, 2.05) is 6.07 Å². The Morgan fingerprint density at radius 2 is 1.37 bits per heavy atom. The number of aryl methyl sites for hydroxylation is 3. The summed E-state index contributed by atoms with van der Waals surface area (Å²) in [5.41, 5.74) is 6.48. The molecule has 2 unspecified atom stereocenters. The quantitative estimate of drug-likeness (QED) is 0.505. The van der Waals surface area contributed by atoms with E-state index >= 15 is 0 Å². The Balaban J connectivity index is 2.49. The molecule has 0 N–H and O–H groups in total. The minimum Gasteiger partial charge on any atom is -0.290 e. The fraction of sp³-hybridized carbons (Fsp3) is 0.520. The van der Waals surface area contributed by atoms with Crippen molar-refractivity contribution in [1.29, 1.82) is 0 Å². The van der Waals surface area contributed by atoms with Crippen molar-refractivity contribution < 1.29 is 4.84 Å². The molecule has 2 aromatic carbocycles. The number of hydrogen-bond donors (Lipinski definition) is 0. The molecule has 0 saturated heterocycles. The van der Waals surface area contributed by atoms with E-state index in [1.165, 1.54) is 27.8 Å². The molecule has 0 amide bonds. The first kappa shape index (κ1) is 21.7. The van der Waals surface area contributed by atoms with Gasteiger partial charge in [0, 0.05) is 5.54 Å². The first-order valence-electron chi connectivity index (χ1n) is 10.1. The van der Waals surface area contributed by atoms with Gasteiger partial charge in [-0.25, -0.2) is 0 Å². The van der Waals surface area contributed by atoms with E-state index in [0.29, 0.717) is 5.92 Å². The summed E-state index contributed by atoms with van der Waals surface area (Å²) in [5, 5.41) is 2.24. The van der Waals surface area contributed by atoms with Gasteiger partial charge in [-0.2, -0.15) is 5.06 Å². The molecule has 2 atom stereocenters.